The first-order valence-electron chi connectivity index (χ1n) is 5.47. The summed E-state index contributed by atoms with van der Waals surface area (Å²) in [5.41, 5.74) is 0.653. The highest BCUT2D eigenvalue weighted by Gasteiger charge is 2.14. The predicted molar refractivity (Wildman–Crippen MR) is 89.6 cm³/mol. The first kappa shape index (κ1) is 16.4. The quantitative estimate of drug-likeness (QED) is 0.546. The van der Waals surface area contributed by atoms with Gasteiger partial charge in [0.2, 0.25) is 0 Å². The first-order chi connectivity index (χ1) is 9.79. The molecule has 21 heavy (non-hydrogen) atoms. The summed E-state index contributed by atoms with van der Waals surface area (Å²) in [7, 11) is 0. The van der Waals surface area contributed by atoms with Crippen molar-refractivity contribution in [1.29, 1.82) is 0 Å². The van der Waals surface area contributed by atoms with Crippen molar-refractivity contribution in [1.82, 2.24) is 0 Å². The third-order valence-corrected chi connectivity index (χ3v) is 4.34. The van der Waals surface area contributed by atoms with Crippen molar-refractivity contribution in [2.24, 2.45) is 0 Å². The second kappa shape index (κ2) is 6.44. The van der Waals surface area contributed by atoms with E-state index in [0.29, 0.717) is 14.6 Å². The monoisotopic (exact) mass is 453 g/mol. The molecule has 0 atom stereocenters. The van der Waals surface area contributed by atoms with Gasteiger partial charge in [-0.15, -0.1) is 0 Å². The van der Waals surface area contributed by atoms with Crippen LogP contribution in [0.2, 0.25) is 10.0 Å². The highest BCUT2D eigenvalue weighted by atomic mass is 79.9. The second-order valence-electron chi connectivity index (χ2n) is 4.03. The van der Waals surface area contributed by atoms with Gasteiger partial charge in [-0.05, 0) is 56.1 Å². The Balaban J connectivity index is 2.30. The zero-order valence-corrected chi connectivity index (χ0v) is 14.8. The second-order valence-corrected chi connectivity index (χ2v) is 6.55. The molecule has 0 radical (unpaired) electrons. The number of carbonyl (C=O) groups is 1. The number of phenolic OH excluding ortho intramolecular Hbond substituents is 2. The van der Waals surface area contributed by atoms with Crippen LogP contribution in [0.5, 0.6) is 11.5 Å². The van der Waals surface area contributed by atoms with Gasteiger partial charge in [-0.25, -0.2) is 0 Å². The summed E-state index contributed by atoms with van der Waals surface area (Å²) in [6, 6.07) is 5.70. The number of amides is 1. The van der Waals surface area contributed by atoms with Crippen LogP contribution in [0.15, 0.2) is 33.2 Å². The lowest BCUT2D eigenvalue weighted by molar-refractivity contribution is 0.102. The SMILES string of the molecule is O=C(Nc1cc(Br)c(O)c(Br)c1)c1cc(Cl)c(O)c(Cl)c1. The number of hydrogen-bond acceptors (Lipinski definition) is 3. The standard InChI is InChI=1S/C13H7Br2Cl2NO3/c14-7-3-6(4-8(15)11(7)19)18-13(21)5-1-9(16)12(20)10(17)2-5/h1-4,19-20H,(H,18,21). The maximum Gasteiger partial charge on any atom is 0.255 e. The minimum atomic E-state index is -0.455. The molecule has 0 aliphatic rings. The molecule has 0 saturated carbocycles. The van der Waals surface area contributed by atoms with Crippen molar-refractivity contribution in [3.05, 3.63) is 48.8 Å². The summed E-state index contributed by atoms with van der Waals surface area (Å²) >= 11 is 17.9. The highest BCUT2D eigenvalue weighted by molar-refractivity contribution is 9.11. The lowest BCUT2D eigenvalue weighted by atomic mass is 10.2. The van der Waals surface area contributed by atoms with Crippen molar-refractivity contribution in [2.75, 3.05) is 5.32 Å². The van der Waals surface area contributed by atoms with Crippen molar-refractivity contribution in [3.63, 3.8) is 0 Å². The largest absolute Gasteiger partial charge is 0.506 e. The molecule has 2 aromatic rings. The number of halogens is 4. The van der Waals surface area contributed by atoms with Gasteiger partial charge >= 0.3 is 0 Å². The molecule has 0 aliphatic carbocycles. The molecule has 1 amide bonds. The summed E-state index contributed by atoms with van der Waals surface area (Å²) in [5.74, 6) is -0.697. The van der Waals surface area contributed by atoms with Gasteiger partial charge in [-0.3, -0.25) is 4.79 Å². The fourth-order valence-corrected chi connectivity index (χ4v) is 3.21. The molecule has 2 aromatic carbocycles. The van der Waals surface area contributed by atoms with Crippen LogP contribution in [0.25, 0.3) is 0 Å². The van der Waals surface area contributed by atoms with Gasteiger partial charge in [0.15, 0.2) is 5.75 Å². The molecular formula is C13H7Br2Cl2NO3. The van der Waals surface area contributed by atoms with E-state index in [2.05, 4.69) is 37.2 Å². The smallest absolute Gasteiger partial charge is 0.255 e. The van der Waals surface area contributed by atoms with E-state index in [1.165, 1.54) is 12.1 Å². The fourth-order valence-electron chi connectivity index (χ4n) is 1.54. The van der Waals surface area contributed by atoms with Gasteiger partial charge in [0.1, 0.15) is 5.75 Å². The van der Waals surface area contributed by atoms with Crippen LogP contribution in [0.1, 0.15) is 10.4 Å². The number of hydrogen-bond donors (Lipinski definition) is 3. The normalized spacial score (nSPS) is 10.5. The average molecular weight is 456 g/mol. The van der Waals surface area contributed by atoms with Gasteiger partial charge < -0.3 is 15.5 Å². The Labute approximate surface area is 146 Å². The van der Waals surface area contributed by atoms with Gasteiger partial charge in [-0.2, -0.15) is 0 Å². The lowest BCUT2D eigenvalue weighted by Crippen LogP contribution is -2.12. The minimum absolute atomic E-state index is 0.0132. The number of nitrogens with one attached hydrogen (secondary N) is 1. The van der Waals surface area contributed by atoms with E-state index in [4.69, 9.17) is 23.2 Å². The maximum absolute atomic E-state index is 12.1. The average Bonchev–Trinajstić information content (AvgIpc) is 2.41. The third kappa shape index (κ3) is 3.63. The van der Waals surface area contributed by atoms with Crippen LogP contribution in [0, 0.1) is 0 Å². The van der Waals surface area contributed by atoms with Gasteiger partial charge in [0, 0.05) is 11.3 Å². The van der Waals surface area contributed by atoms with E-state index in [9.17, 15) is 15.0 Å². The minimum Gasteiger partial charge on any atom is -0.506 e. The van der Waals surface area contributed by atoms with Crippen molar-refractivity contribution >= 4 is 66.7 Å². The molecule has 2 rings (SSSR count). The molecule has 8 heteroatoms. The Morgan fingerprint density at radius 1 is 0.952 bits per heavy atom. The van der Waals surface area contributed by atoms with Crippen LogP contribution in [0.4, 0.5) is 5.69 Å². The number of aromatic hydroxyl groups is 2. The Morgan fingerprint density at radius 3 is 1.90 bits per heavy atom. The number of benzene rings is 2. The van der Waals surface area contributed by atoms with Crippen LogP contribution in [-0.4, -0.2) is 16.1 Å². The van der Waals surface area contributed by atoms with E-state index in [1.54, 1.807) is 12.1 Å². The number of anilines is 1. The van der Waals surface area contributed by atoms with Crippen molar-refractivity contribution in [3.8, 4) is 11.5 Å². The Hall–Kier alpha value is -0.950. The van der Waals surface area contributed by atoms with E-state index in [0.717, 1.165) is 0 Å². The summed E-state index contributed by atoms with van der Waals surface area (Å²) in [4.78, 5) is 12.1. The highest BCUT2D eigenvalue weighted by Crippen LogP contribution is 2.36. The Bertz CT molecular complexity index is 691. The summed E-state index contributed by atoms with van der Waals surface area (Å²) < 4.78 is 0.850. The van der Waals surface area contributed by atoms with Crippen LogP contribution in [0.3, 0.4) is 0 Å². The van der Waals surface area contributed by atoms with E-state index in [1.807, 2.05) is 0 Å². The molecule has 0 aromatic heterocycles. The van der Waals surface area contributed by atoms with E-state index < -0.39 is 5.91 Å². The summed E-state index contributed by atoms with van der Waals surface area (Å²) in [6.45, 7) is 0. The molecule has 0 unspecified atom stereocenters. The van der Waals surface area contributed by atoms with Gasteiger partial charge in [-0.1, -0.05) is 23.2 Å². The third-order valence-electron chi connectivity index (χ3n) is 2.55. The van der Waals surface area contributed by atoms with E-state index >= 15 is 0 Å². The molecule has 0 aliphatic heterocycles. The number of carbonyl (C=O) groups excluding carboxylic acids is 1. The zero-order valence-electron chi connectivity index (χ0n) is 10.1. The fraction of sp³-hybridized carbons (Fsp3) is 0. The molecule has 0 spiro atoms. The van der Waals surface area contributed by atoms with E-state index in [-0.39, 0.29) is 27.1 Å². The molecule has 0 fully saturated rings. The number of phenols is 2. The van der Waals surface area contributed by atoms with Crippen LogP contribution < -0.4 is 5.32 Å². The first-order valence-corrected chi connectivity index (χ1v) is 7.81. The maximum atomic E-state index is 12.1. The lowest BCUT2D eigenvalue weighted by Gasteiger charge is -2.09. The zero-order chi connectivity index (χ0) is 15.7. The summed E-state index contributed by atoms with van der Waals surface area (Å²) in [5, 5.41) is 21.7. The Kier molecular flexibility index (Phi) is 5.03. The molecule has 110 valence electrons. The molecule has 0 bridgehead atoms. The van der Waals surface area contributed by atoms with Crippen LogP contribution in [-0.2, 0) is 0 Å². The summed E-state index contributed by atoms with van der Waals surface area (Å²) in [6.07, 6.45) is 0. The Morgan fingerprint density at radius 2 is 1.43 bits per heavy atom. The predicted octanol–water partition coefficient (Wildman–Crippen LogP) is 5.18. The molecule has 4 nitrogen and oxygen atoms in total. The van der Waals surface area contributed by atoms with Crippen LogP contribution >= 0.6 is 55.1 Å². The van der Waals surface area contributed by atoms with Crippen molar-refractivity contribution in [2.45, 2.75) is 0 Å². The number of rotatable bonds is 2. The molecule has 3 N–H and O–H groups in total. The topological polar surface area (TPSA) is 69.6 Å². The van der Waals surface area contributed by atoms with Crippen molar-refractivity contribution < 1.29 is 15.0 Å². The van der Waals surface area contributed by atoms with Gasteiger partial charge in [0.05, 0.1) is 19.0 Å². The van der Waals surface area contributed by atoms with Gasteiger partial charge in [0.25, 0.3) is 5.91 Å². The molecular weight excluding hydrogens is 449 g/mol. The molecule has 0 heterocycles. The molecule has 0 saturated heterocycles.